The van der Waals surface area contributed by atoms with Gasteiger partial charge in [-0.15, -0.1) is 23.2 Å². The van der Waals surface area contributed by atoms with Gasteiger partial charge < -0.3 is 0 Å². The topological polar surface area (TPSA) is 34.1 Å². The van der Waals surface area contributed by atoms with E-state index < -0.39 is 37.5 Å². The predicted molar refractivity (Wildman–Crippen MR) is 81.3 cm³/mol. The van der Waals surface area contributed by atoms with Gasteiger partial charge in [-0.2, -0.15) is 0 Å². The smallest absolute Gasteiger partial charge is 0.180 e. The van der Waals surface area contributed by atoms with Crippen molar-refractivity contribution < 1.29 is 9.59 Å². The fourth-order valence-electron chi connectivity index (χ4n) is 3.11. The van der Waals surface area contributed by atoms with Crippen LogP contribution in [0.25, 0.3) is 0 Å². The Hall–Kier alpha value is 0.850. The molecule has 4 unspecified atom stereocenters. The summed E-state index contributed by atoms with van der Waals surface area (Å²) >= 11 is 43.4. The van der Waals surface area contributed by atoms with Crippen molar-refractivity contribution in [3.05, 3.63) is 21.2 Å². The molecule has 2 bridgehead atoms. The van der Waals surface area contributed by atoms with Gasteiger partial charge in [-0.05, 0) is 0 Å². The fourth-order valence-corrected chi connectivity index (χ4v) is 6.28. The maximum absolute atomic E-state index is 12.3. The zero-order chi connectivity index (χ0) is 15.2. The van der Waals surface area contributed by atoms with Gasteiger partial charge in [0.25, 0.3) is 0 Å². The molecule has 108 valence electrons. The summed E-state index contributed by atoms with van der Waals surface area (Å²) in [5.41, 5.74) is 0. The summed E-state index contributed by atoms with van der Waals surface area (Å²) in [5, 5.41) is -0.502. The second-order valence-corrected chi connectivity index (χ2v) is 8.52. The van der Waals surface area contributed by atoms with E-state index in [-0.39, 0.29) is 15.1 Å². The van der Waals surface area contributed by atoms with Crippen molar-refractivity contribution in [2.24, 2.45) is 11.8 Å². The monoisotopic (exact) mass is 412 g/mol. The van der Waals surface area contributed by atoms with Crippen LogP contribution in [0.4, 0.5) is 0 Å². The molecular formula is C11H3Cl7O2. The summed E-state index contributed by atoms with van der Waals surface area (Å²) in [6, 6.07) is 0. The van der Waals surface area contributed by atoms with Crippen LogP contribution in [0.3, 0.4) is 0 Å². The molecule has 0 N–H and O–H groups in total. The Balaban J connectivity index is 2.37. The number of alkyl halides is 4. The molecule has 0 aromatic heterocycles. The van der Waals surface area contributed by atoms with Gasteiger partial charge in [0.1, 0.15) is 9.75 Å². The molecule has 0 aliphatic heterocycles. The molecule has 4 atom stereocenters. The van der Waals surface area contributed by atoms with Crippen LogP contribution in [0.15, 0.2) is 21.2 Å². The molecule has 0 aromatic rings. The maximum atomic E-state index is 12.3. The summed E-state index contributed by atoms with van der Waals surface area (Å²) in [6.07, 6.45) is 0.984. The van der Waals surface area contributed by atoms with Gasteiger partial charge in [-0.3, -0.25) is 9.59 Å². The summed E-state index contributed by atoms with van der Waals surface area (Å²) in [5.74, 6) is -3.36. The molecule has 0 saturated heterocycles. The number of halogens is 7. The molecule has 3 rings (SSSR count). The Morgan fingerprint density at radius 2 is 1.30 bits per heavy atom. The molecule has 3 aliphatic carbocycles. The molecule has 0 radical (unpaired) electrons. The number of hydrogen-bond donors (Lipinski definition) is 0. The first-order valence-corrected chi connectivity index (χ1v) is 7.94. The lowest BCUT2D eigenvalue weighted by molar-refractivity contribution is -0.129. The largest absolute Gasteiger partial charge is 0.294 e. The van der Waals surface area contributed by atoms with Gasteiger partial charge >= 0.3 is 0 Å². The zero-order valence-electron chi connectivity index (χ0n) is 9.19. The van der Waals surface area contributed by atoms with Crippen molar-refractivity contribution in [2.75, 3.05) is 0 Å². The predicted octanol–water partition coefficient (Wildman–Crippen LogP) is 4.34. The second-order valence-electron chi connectivity index (χ2n) is 4.84. The maximum Gasteiger partial charge on any atom is 0.180 e. The van der Waals surface area contributed by atoms with Crippen molar-refractivity contribution in [3.63, 3.8) is 0 Å². The first-order valence-electron chi connectivity index (χ1n) is 5.30. The highest BCUT2D eigenvalue weighted by atomic mass is 35.5. The van der Waals surface area contributed by atoms with Crippen LogP contribution in [0.2, 0.25) is 0 Å². The van der Waals surface area contributed by atoms with Crippen LogP contribution in [-0.2, 0) is 9.59 Å². The number of carbonyl (C=O) groups is 2. The SMILES string of the molecule is O=C1C=C(Cl)C(=O)C2C1C1(Cl)C(Cl)=C(Cl)C2(Cl)C1(Cl)Cl. The second kappa shape index (κ2) is 4.23. The Morgan fingerprint density at radius 1 is 0.850 bits per heavy atom. The number of rotatable bonds is 0. The number of ketones is 2. The van der Waals surface area contributed by atoms with Crippen molar-refractivity contribution in [2.45, 2.75) is 14.1 Å². The highest BCUT2D eigenvalue weighted by Gasteiger charge is 2.85. The third kappa shape index (κ3) is 1.34. The van der Waals surface area contributed by atoms with Gasteiger partial charge in [0.05, 0.1) is 26.9 Å². The average molecular weight is 415 g/mol. The van der Waals surface area contributed by atoms with E-state index in [1.807, 2.05) is 0 Å². The lowest BCUT2D eigenvalue weighted by atomic mass is 9.74. The van der Waals surface area contributed by atoms with E-state index in [0.717, 1.165) is 6.08 Å². The summed E-state index contributed by atoms with van der Waals surface area (Å²) < 4.78 is -1.92. The molecule has 3 aliphatic rings. The molecule has 0 amide bonds. The molecule has 9 heteroatoms. The van der Waals surface area contributed by atoms with Crippen LogP contribution < -0.4 is 0 Å². The van der Waals surface area contributed by atoms with Crippen LogP contribution in [-0.4, -0.2) is 25.6 Å². The number of fused-ring (bicyclic) bond motifs is 5. The lowest BCUT2D eigenvalue weighted by Crippen LogP contribution is -2.47. The van der Waals surface area contributed by atoms with Gasteiger partial charge in [0.15, 0.2) is 15.9 Å². The van der Waals surface area contributed by atoms with Crippen molar-refractivity contribution in [1.82, 2.24) is 0 Å². The molecule has 1 fully saturated rings. The van der Waals surface area contributed by atoms with Gasteiger partial charge in [-0.25, -0.2) is 0 Å². The Kier molecular flexibility index (Phi) is 3.33. The van der Waals surface area contributed by atoms with E-state index in [0.29, 0.717) is 0 Å². The Bertz CT molecular complexity index is 637. The third-order valence-electron chi connectivity index (χ3n) is 4.03. The third-order valence-corrected chi connectivity index (χ3v) is 8.58. The van der Waals surface area contributed by atoms with Crippen LogP contribution in [0, 0.1) is 11.8 Å². The minimum Gasteiger partial charge on any atom is -0.294 e. The van der Waals surface area contributed by atoms with Crippen molar-refractivity contribution in [1.29, 1.82) is 0 Å². The molecule has 0 heterocycles. The van der Waals surface area contributed by atoms with E-state index in [9.17, 15) is 9.59 Å². The van der Waals surface area contributed by atoms with Gasteiger partial charge in [0.2, 0.25) is 0 Å². The Morgan fingerprint density at radius 3 is 1.80 bits per heavy atom. The number of hydrogen-bond acceptors (Lipinski definition) is 2. The minimum absolute atomic E-state index is 0.116. The molecule has 0 aromatic carbocycles. The normalized spacial score (nSPS) is 45.9. The zero-order valence-corrected chi connectivity index (χ0v) is 14.5. The van der Waals surface area contributed by atoms with E-state index in [1.165, 1.54) is 0 Å². The van der Waals surface area contributed by atoms with E-state index in [1.54, 1.807) is 0 Å². The number of allylic oxidation sites excluding steroid dienone is 4. The van der Waals surface area contributed by atoms with Crippen LogP contribution in [0.5, 0.6) is 0 Å². The minimum atomic E-state index is -1.92. The standard InChI is InChI=1S/C11H3Cl7O2/c12-2-1-3(19)4-5(6(2)20)10(16)8(14)7(13)9(4,15)11(10,17)18/h1,4-5H. The van der Waals surface area contributed by atoms with Crippen molar-refractivity contribution >= 4 is 92.8 Å². The average Bonchev–Trinajstić information content (AvgIpc) is 2.56. The number of Topliss-reactive ketones (excluding diaryl/α,β-unsaturated/α-hetero) is 1. The Labute approximate surface area is 148 Å². The molecule has 0 spiro atoms. The molecule has 1 saturated carbocycles. The molecule has 20 heavy (non-hydrogen) atoms. The summed E-state index contributed by atoms with van der Waals surface area (Å²) in [7, 11) is 0. The first-order chi connectivity index (χ1) is 9.02. The van der Waals surface area contributed by atoms with E-state index >= 15 is 0 Å². The van der Waals surface area contributed by atoms with Crippen LogP contribution >= 0.6 is 81.2 Å². The molecular weight excluding hydrogens is 412 g/mol. The first kappa shape index (κ1) is 15.7. The highest BCUT2D eigenvalue weighted by molar-refractivity contribution is 6.67. The van der Waals surface area contributed by atoms with Crippen molar-refractivity contribution in [3.8, 4) is 0 Å². The summed E-state index contributed by atoms with van der Waals surface area (Å²) in [6.45, 7) is 0. The molecule has 2 nitrogen and oxygen atoms in total. The van der Waals surface area contributed by atoms with E-state index in [4.69, 9.17) is 81.2 Å². The van der Waals surface area contributed by atoms with Crippen LogP contribution in [0.1, 0.15) is 0 Å². The summed E-state index contributed by atoms with van der Waals surface area (Å²) in [4.78, 5) is 21.0. The lowest BCUT2D eigenvalue weighted by Gasteiger charge is -2.36. The number of carbonyl (C=O) groups excluding carboxylic acids is 2. The van der Waals surface area contributed by atoms with Gasteiger partial charge in [-0.1, -0.05) is 58.0 Å². The van der Waals surface area contributed by atoms with E-state index in [2.05, 4.69) is 0 Å². The highest BCUT2D eigenvalue weighted by Crippen LogP contribution is 2.77. The van der Waals surface area contributed by atoms with Gasteiger partial charge in [0, 0.05) is 6.08 Å². The fraction of sp³-hybridized carbons (Fsp3) is 0.455. The quantitative estimate of drug-likeness (QED) is 0.552.